The lowest BCUT2D eigenvalue weighted by Gasteiger charge is -2.16. The van der Waals surface area contributed by atoms with Crippen LogP contribution in [0, 0.1) is 0 Å². The lowest BCUT2D eigenvalue weighted by Crippen LogP contribution is -2.12. The molecule has 0 rings (SSSR count). The molecule has 0 aliphatic heterocycles. The van der Waals surface area contributed by atoms with Gasteiger partial charge in [0.1, 0.15) is 4.08 Å². The van der Waals surface area contributed by atoms with E-state index < -0.39 is 0 Å². The van der Waals surface area contributed by atoms with E-state index in [4.69, 9.17) is 33.0 Å². The zero-order chi connectivity index (χ0) is 6.62. The standard InChI is InChI=1S/C3H5Cl3S2/c1-3(2-4,7-5)8-6/h2H2,1H3. The van der Waals surface area contributed by atoms with Gasteiger partial charge in [-0.3, -0.25) is 0 Å². The van der Waals surface area contributed by atoms with Crippen LogP contribution in [-0.4, -0.2) is 9.96 Å². The van der Waals surface area contributed by atoms with E-state index >= 15 is 0 Å². The maximum absolute atomic E-state index is 5.50. The molecule has 8 heavy (non-hydrogen) atoms. The second kappa shape index (κ2) is 4.40. The first kappa shape index (κ1) is 9.57. The molecular formula is C3H5Cl3S2. The van der Waals surface area contributed by atoms with Crippen molar-refractivity contribution in [1.29, 1.82) is 0 Å². The van der Waals surface area contributed by atoms with Gasteiger partial charge in [0.05, 0.1) is 0 Å². The summed E-state index contributed by atoms with van der Waals surface area (Å²) in [6.07, 6.45) is 0. The largest absolute Gasteiger partial charge is 0.124 e. The molecule has 0 N–H and O–H groups in total. The van der Waals surface area contributed by atoms with Crippen molar-refractivity contribution in [2.24, 2.45) is 0 Å². The van der Waals surface area contributed by atoms with Gasteiger partial charge in [0, 0.05) is 5.88 Å². The molecule has 0 spiro atoms. The molecule has 50 valence electrons. The first-order valence-corrected chi connectivity index (χ1v) is 5.66. The molecule has 0 aromatic carbocycles. The second-order valence-electron chi connectivity index (χ2n) is 1.42. The highest BCUT2D eigenvalue weighted by molar-refractivity contribution is 8.37. The fourth-order valence-corrected chi connectivity index (χ4v) is 2.08. The summed E-state index contributed by atoms with van der Waals surface area (Å²) in [5.41, 5.74) is 0. The minimum Gasteiger partial charge on any atom is -0.124 e. The van der Waals surface area contributed by atoms with E-state index in [0.29, 0.717) is 5.88 Å². The van der Waals surface area contributed by atoms with Crippen molar-refractivity contribution in [3.05, 3.63) is 0 Å². The number of hydrogen-bond acceptors (Lipinski definition) is 2. The quantitative estimate of drug-likeness (QED) is 0.516. The molecule has 0 aromatic heterocycles. The highest BCUT2D eigenvalue weighted by Crippen LogP contribution is 2.42. The van der Waals surface area contributed by atoms with Gasteiger partial charge in [0.25, 0.3) is 0 Å². The Labute approximate surface area is 71.6 Å². The fraction of sp³-hybridized carbons (Fsp3) is 1.00. The third-order valence-corrected chi connectivity index (χ3v) is 5.45. The van der Waals surface area contributed by atoms with E-state index in [1.165, 1.54) is 0 Å². The topological polar surface area (TPSA) is 0 Å². The summed E-state index contributed by atoms with van der Waals surface area (Å²) in [4.78, 5) is 0. The van der Waals surface area contributed by atoms with Gasteiger partial charge in [-0.25, -0.2) is 0 Å². The molecule has 0 saturated heterocycles. The van der Waals surface area contributed by atoms with Crippen molar-refractivity contribution < 1.29 is 0 Å². The lowest BCUT2D eigenvalue weighted by atomic mass is 10.5. The van der Waals surface area contributed by atoms with Crippen LogP contribution in [0.5, 0.6) is 0 Å². The first-order chi connectivity index (χ1) is 3.68. The van der Waals surface area contributed by atoms with Crippen LogP contribution in [0.25, 0.3) is 0 Å². The smallest absolute Gasteiger partial charge is 0.102 e. The summed E-state index contributed by atoms with van der Waals surface area (Å²) in [6.45, 7) is 1.88. The number of rotatable bonds is 3. The van der Waals surface area contributed by atoms with Crippen LogP contribution in [0.1, 0.15) is 6.92 Å². The molecule has 0 bridgehead atoms. The molecule has 0 fully saturated rings. The second-order valence-corrected chi connectivity index (χ2v) is 4.98. The van der Waals surface area contributed by atoms with Crippen molar-refractivity contribution >= 4 is 54.9 Å². The molecule has 0 aliphatic carbocycles. The van der Waals surface area contributed by atoms with Gasteiger partial charge in [0.2, 0.25) is 0 Å². The summed E-state index contributed by atoms with van der Waals surface area (Å²) in [5, 5.41) is 0. The van der Waals surface area contributed by atoms with Gasteiger partial charge in [-0.2, -0.15) is 0 Å². The summed E-state index contributed by atoms with van der Waals surface area (Å²) >= 11 is 5.50. The molecule has 0 aliphatic rings. The Morgan fingerprint density at radius 3 is 1.75 bits per heavy atom. The van der Waals surface area contributed by atoms with E-state index in [9.17, 15) is 0 Å². The minimum atomic E-state index is -0.245. The number of halogens is 3. The van der Waals surface area contributed by atoms with Gasteiger partial charge in [-0.1, -0.05) is 0 Å². The molecule has 0 radical (unpaired) electrons. The SMILES string of the molecule is CC(CCl)(SCl)SCl. The molecule has 0 unspecified atom stereocenters. The van der Waals surface area contributed by atoms with Gasteiger partial charge in [0.15, 0.2) is 0 Å². The predicted octanol–water partition coefficient (Wildman–Crippen LogP) is 3.72. The van der Waals surface area contributed by atoms with Crippen LogP contribution >= 0.6 is 54.9 Å². The number of hydrogen-bond donors (Lipinski definition) is 0. The van der Waals surface area contributed by atoms with Crippen LogP contribution in [0.3, 0.4) is 0 Å². The van der Waals surface area contributed by atoms with Gasteiger partial charge < -0.3 is 0 Å². The Hall–Kier alpha value is 1.57. The predicted molar refractivity (Wildman–Crippen MR) is 46.0 cm³/mol. The van der Waals surface area contributed by atoms with Crippen molar-refractivity contribution in [2.45, 2.75) is 11.0 Å². The van der Waals surface area contributed by atoms with Crippen LogP contribution in [0.2, 0.25) is 0 Å². The minimum absolute atomic E-state index is 0.245. The van der Waals surface area contributed by atoms with Gasteiger partial charge in [-0.15, -0.1) is 11.6 Å². The summed E-state index contributed by atoms with van der Waals surface area (Å²) < 4.78 is -0.245. The van der Waals surface area contributed by atoms with Crippen LogP contribution in [-0.2, 0) is 0 Å². The zero-order valence-electron chi connectivity index (χ0n) is 4.16. The van der Waals surface area contributed by atoms with Crippen molar-refractivity contribution in [3.63, 3.8) is 0 Å². The Bertz CT molecular complexity index is 55.3. The van der Waals surface area contributed by atoms with Gasteiger partial charge in [-0.05, 0) is 50.2 Å². The van der Waals surface area contributed by atoms with E-state index in [2.05, 4.69) is 0 Å². The van der Waals surface area contributed by atoms with Crippen LogP contribution in [0.4, 0.5) is 0 Å². The highest BCUT2D eigenvalue weighted by atomic mass is 35.7. The molecule has 5 heteroatoms. The Morgan fingerprint density at radius 1 is 1.38 bits per heavy atom. The normalized spacial score (nSPS) is 12.0. The molecule has 0 atom stereocenters. The molecule has 0 saturated carbocycles. The Balaban J connectivity index is 3.58. The first-order valence-electron chi connectivity index (χ1n) is 1.84. The average Bonchev–Trinajstić information content (AvgIpc) is 1.87. The monoisotopic (exact) mass is 210 g/mol. The van der Waals surface area contributed by atoms with E-state index in [0.717, 1.165) is 22.0 Å². The van der Waals surface area contributed by atoms with E-state index in [-0.39, 0.29) is 4.08 Å². The fourth-order valence-electron chi connectivity index (χ4n) is 0.0531. The van der Waals surface area contributed by atoms with Crippen molar-refractivity contribution in [1.82, 2.24) is 0 Å². The van der Waals surface area contributed by atoms with Gasteiger partial charge >= 0.3 is 0 Å². The van der Waals surface area contributed by atoms with Crippen molar-refractivity contribution in [2.75, 3.05) is 5.88 Å². The molecular weight excluding hydrogens is 207 g/mol. The Kier molecular flexibility index (Phi) is 5.26. The van der Waals surface area contributed by atoms with Crippen LogP contribution < -0.4 is 0 Å². The highest BCUT2D eigenvalue weighted by Gasteiger charge is 2.22. The molecule has 0 heterocycles. The third kappa shape index (κ3) is 2.92. The maximum atomic E-state index is 5.50. The molecule has 0 amide bonds. The summed E-state index contributed by atoms with van der Waals surface area (Å²) in [6, 6.07) is 0. The van der Waals surface area contributed by atoms with Crippen LogP contribution in [0.15, 0.2) is 0 Å². The number of alkyl halides is 1. The summed E-state index contributed by atoms with van der Waals surface area (Å²) in [7, 11) is 13.2. The van der Waals surface area contributed by atoms with Crippen molar-refractivity contribution in [3.8, 4) is 0 Å². The molecule has 0 nitrogen and oxygen atoms in total. The third-order valence-electron chi connectivity index (χ3n) is 0.569. The average molecular weight is 212 g/mol. The zero-order valence-corrected chi connectivity index (χ0v) is 8.06. The van der Waals surface area contributed by atoms with E-state index in [1.807, 2.05) is 6.92 Å². The summed E-state index contributed by atoms with van der Waals surface area (Å²) in [5.74, 6) is 0.454. The lowest BCUT2D eigenvalue weighted by molar-refractivity contribution is 1.05. The van der Waals surface area contributed by atoms with E-state index in [1.54, 1.807) is 0 Å². The Morgan fingerprint density at radius 2 is 1.75 bits per heavy atom. The molecule has 0 aromatic rings. The maximum Gasteiger partial charge on any atom is 0.102 e.